The predicted octanol–water partition coefficient (Wildman–Crippen LogP) is 4.65. The van der Waals surface area contributed by atoms with Gasteiger partial charge in [-0.25, -0.2) is 5.43 Å². The van der Waals surface area contributed by atoms with Crippen LogP contribution in [0.25, 0.3) is 11.0 Å². The van der Waals surface area contributed by atoms with E-state index >= 15 is 0 Å². The summed E-state index contributed by atoms with van der Waals surface area (Å²) in [5, 5.41) is 5.23. The Morgan fingerprint density at radius 1 is 1.19 bits per heavy atom. The van der Waals surface area contributed by atoms with Crippen molar-refractivity contribution in [1.29, 1.82) is 0 Å². The van der Waals surface area contributed by atoms with Gasteiger partial charge in [-0.05, 0) is 43.7 Å². The van der Waals surface area contributed by atoms with Crippen LogP contribution in [0.1, 0.15) is 30.0 Å². The van der Waals surface area contributed by atoms with E-state index in [0.29, 0.717) is 40.9 Å². The van der Waals surface area contributed by atoms with E-state index in [1.165, 1.54) is 6.21 Å². The largest absolute Gasteiger partial charge is 0.490 e. The number of carbonyl (C=O) groups is 1. The summed E-state index contributed by atoms with van der Waals surface area (Å²) in [4.78, 5) is 12.2. The maximum Gasteiger partial charge on any atom is 0.307 e. The first-order chi connectivity index (χ1) is 13.1. The number of hydrogen-bond donors (Lipinski definition) is 1. The van der Waals surface area contributed by atoms with Gasteiger partial charge in [-0.15, -0.1) is 0 Å². The van der Waals surface area contributed by atoms with Crippen LogP contribution in [0, 0.1) is 0 Å². The highest BCUT2D eigenvalue weighted by atomic mass is 35.5. The Bertz CT molecular complexity index is 948. The lowest BCUT2D eigenvalue weighted by Gasteiger charge is -2.13. The van der Waals surface area contributed by atoms with Crippen molar-refractivity contribution in [2.45, 2.75) is 13.8 Å². The summed E-state index contributed by atoms with van der Waals surface area (Å²) in [5.41, 5.74) is 3.75. The van der Waals surface area contributed by atoms with Gasteiger partial charge in [0.05, 0.1) is 24.5 Å². The molecule has 1 N–H and O–H groups in total. The van der Waals surface area contributed by atoms with Crippen molar-refractivity contribution >= 4 is 34.7 Å². The van der Waals surface area contributed by atoms with Gasteiger partial charge in [0.2, 0.25) is 0 Å². The average Bonchev–Trinajstić information content (AvgIpc) is 3.09. The molecule has 0 aliphatic heterocycles. The quantitative estimate of drug-likeness (QED) is 0.474. The molecule has 0 radical (unpaired) electrons. The predicted molar refractivity (Wildman–Crippen MR) is 105 cm³/mol. The monoisotopic (exact) mass is 386 g/mol. The minimum atomic E-state index is -0.440. The zero-order chi connectivity index (χ0) is 19.2. The standard InChI is InChI=1S/C20H19ClN2O4/c1-3-25-17-10-13(9-15(21)19(17)26-4-2)12-22-23-20(24)18-11-14-7-5-6-8-16(14)27-18/h5-12H,3-4H2,1-2H3,(H,23,24)/b22-12+. The Morgan fingerprint density at radius 3 is 2.70 bits per heavy atom. The lowest BCUT2D eigenvalue weighted by Crippen LogP contribution is -2.16. The minimum absolute atomic E-state index is 0.188. The first-order valence-electron chi connectivity index (χ1n) is 8.53. The molecule has 0 fully saturated rings. The van der Waals surface area contributed by atoms with Crippen LogP contribution in [0.4, 0.5) is 0 Å². The van der Waals surface area contributed by atoms with Crippen LogP contribution < -0.4 is 14.9 Å². The number of hydrogen-bond acceptors (Lipinski definition) is 5. The molecule has 1 heterocycles. The molecule has 1 aromatic heterocycles. The van der Waals surface area contributed by atoms with Crippen molar-refractivity contribution in [1.82, 2.24) is 5.43 Å². The van der Waals surface area contributed by atoms with Gasteiger partial charge in [0.1, 0.15) is 5.58 Å². The first-order valence-corrected chi connectivity index (χ1v) is 8.91. The van der Waals surface area contributed by atoms with E-state index in [9.17, 15) is 4.79 Å². The third kappa shape index (κ3) is 4.41. The molecule has 3 rings (SSSR count). The Hall–Kier alpha value is -2.99. The topological polar surface area (TPSA) is 73.1 Å². The highest BCUT2D eigenvalue weighted by Gasteiger charge is 2.13. The number of ether oxygens (including phenoxy) is 2. The van der Waals surface area contributed by atoms with Crippen molar-refractivity contribution in [2.24, 2.45) is 5.10 Å². The number of amides is 1. The molecule has 0 atom stereocenters. The highest BCUT2D eigenvalue weighted by molar-refractivity contribution is 6.32. The van der Waals surface area contributed by atoms with Gasteiger partial charge in [0.25, 0.3) is 0 Å². The van der Waals surface area contributed by atoms with Crippen molar-refractivity contribution in [3.8, 4) is 11.5 Å². The summed E-state index contributed by atoms with van der Waals surface area (Å²) in [6.07, 6.45) is 1.48. The summed E-state index contributed by atoms with van der Waals surface area (Å²) in [6, 6.07) is 12.5. The number of hydrazone groups is 1. The molecular weight excluding hydrogens is 368 g/mol. The van der Waals surface area contributed by atoms with Crippen LogP contribution in [0.2, 0.25) is 5.02 Å². The van der Waals surface area contributed by atoms with Crippen LogP contribution >= 0.6 is 11.6 Å². The van der Waals surface area contributed by atoms with Crippen LogP contribution in [0.3, 0.4) is 0 Å². The summed E-state index contributed by atoms with van der Waals surface area (Å²) in [7, 11) is 0. The molecule has 2 aromatic carbocycles. The number of furan rings is 1. The maximum absolute atomic E-state index is 12.2. The molecule has 6 nitrogen and oxygen atoms in total. The third-order valence-corrected chi connectivity index (χ3v) is 3.93. The zero-order valence-corrected chi connectivity index (χ0v) is 15.7. The van der Waals surface area contributed by atoms with E-state index < -0.39 is 5.91 Å². The molecule has 0 aliphatic rings. The van der Waals surface area contributed by atoms with Gasteiger partial charge in [0, 0.05) is 5.39 Å². The fourth-order valence-corrected chi connectivity index (χ4v) is 2.80. The summed E-state index contributed by atoms with van der Waals surface area (Å²) in [6.45, 7) is 4.69. The zero-order valence-electron chi connectivity index (χ0n) is 15.0. The second kappa shape index (κ2) is 8.60. The molecule has 0 aliphatic carbocycles. The fourth-order valence-electron chi connectivity index (χ4n) is 2.52. The SMILES string of the molecule is CCOc1cc(/C=N/NC(=O)c2cc3ccccc3o2)cc(Cl)c1OCC. The second-order valence-corrected chi connectivity index (χ2v) is 5.95. The first kappa shape index (κ1) is 18.8. The highest BCUT2D eigenvalue weighted by Crippen LogP contribution is 2.36. The summed E-state index contributed by atoms with van der Waals surface area (Å²) in [5.74, 6) is 0.763. The van der Waals surface area contributed by atoms with Crippen molar-refractivity contribution in [3.63, 3.8) is 0 Å². The van der Waals surface area contributed by atoms with Crippen molar-refractivity contribution in [3.05, 3.63) is 58.8 Å². The maximum atomic E-state index is 12.2. The van der Waals surface area contributed by atoms with Crippen LogP contribution in [0.15, 0.2) is 52.0 Å². The molecule has 1 amide bonds. The Kier molecular flexibility index (Phi) is 5.98. The Labute approximate surface area is 161 Å². The normalized spacial score (nSPS) is 11.1. The van der Waals surface area contributed by atoms with E-state index in [2.05, 4.69) is 10.5 Å². The van der Waals surface area contributed by atoms with E-state index in [-0.39, 0.29) is 5.76 Å². The van der Waals surface area contributed by atoms with E-state index in [1.807, 2.05) is 32.0 Å². The number of fused-ring (bicyclic) bond motifs is 1. The van der Waals surface area contributed by atoms with Gasteiger partial charge < -0.3 is 13.9 Å². The molecule has 27 heavy (non-hydrogen) atoms. The number of benzene rings is 2. The van der Waals surface area contributed by atoms with Crippen molar-refractivity contribution < 1.29 is 18.7 Å². The van der Waals surface area contributed by atoms with Gasteiger partial charge in [-0.2, -0.15) is 5.10 Å². The fraction of sp³-hybridized carbons (Fsp3) is 0.200. The van der Waals surface area contributed by atoms with Crippen LogP contribution in [0.5, 0.6) is 11.5 Å². The number of nitrogens with zero attached hydrogens (tertiary/aromatic N) is 1. The minimum Gasteiger partial charge on any atom is -0.490 e. The number of rotatable bonds is 7. The molecule has 3 aromatic rings. The Balaban J connectivity index is 1.74. The molecule has 0 saturated carbocycles. The molecule has 0 saturated heterocycles. The summed E-state index contributed by atoms with van der Waals surface area (Å²) >= 11 is 6.26. The smallest absolute Gasteiger partial charge is 0.307 e. The molecule has 0 bridgehead atoms. The van der Waals surface area contributed by atoms with E-state index in [0.717, 1.165) is 5.39 Å². The molecule has 7 heteroatoms. The molecular formula is C20H19ClN2O4. The van der Waals surface area contributed by atoms with Crippen LogP contribution in [-0.2, 0) is 0 Å². The number of carbonyl (C=O) groups excluding carboxylic acids is 1. The van der Waals surface area contributed by atoms with Gasteiger partial charge in [-0.3, -0.25) is 4.79 Å². The van der Waals surface area contributed by atoms with Gasteiger partial charge in [0.15, 0.2) is 17.3 Å². The van der Waals surface area contributed by atoms with Gasteiger partial charge in [-0.1, -0.05) is 29.8 Å². The molecule has 0 unspecified atom stereocenters. The number of para-hydroxylation sites is 1. The lowest BCUT2D eigenvalue weighted by molar-refractivity contribution is 0.0929. The lowest BCUT2D eigenvalue weighted by atomic mass is 10.2. The van der Waals surface area contributed by atoms with Crippen LogP contribution in [-0.4, -0.2) is 25.3 Å². The second-order valence-electron chi connectivity index (χ2n) is 5.54. The summed E-state index contributed by atoms with van der Waals surface area (Å²) < 4.78 is 16.6. The number of halogens is 1. The molecule has 0 spiro atoms. The van der Waals surface area contributed by atoms with E-state index in [1.54, 1.807) is 24.3 Å². The van der Waals surface area contributed by atoms with Crippen molar-refractivity contribution in [2.75, 3.05) is 13.2 Å². The van der Waals surface area contributed by atoms with E-state index in [4.69, 9.17) is 25.5 Å². The van der Waals surface area contributed by atoms with Gasteiger partial charge >= 0.3 is 5.91 Å². The Morgan fingerprint density at radius 2 is 1.96 bits per heavy atom. The average molecular weight is 387 g/mol. The number of nitrogens with one attached hydrogen (secondary N) is 1. The third-order valence-electron chi connectivity index (χ3n) is 3.65. The molecule has 140 valence electrons.